The first-order valence-corrected chi connectivity index (χ1v) is 45.8. The second-order valence-corrected chi connectivity index (χ2v) is 36.2. The van der Waals surface area contributed by atoms with Gasteiger partial charge in [0.1, 0.15) is 72.3 Å². The van der Waals surface area contributed by atoms with E-state index in [1.54, 1.807) is 97.8 Å². The number of methoxy groups -OCH3 is 1. The number of aliphatic carboxylic acids is 1. The van der Waals surface area contributed by atoms with Crippen LogP contribution in [0, 0.1) is 42.3 Å². The number of imidazole rings is 1. The van der Waals surface area contributed by atoms with E-state index in [2.05, 4.69) is 52.4 Å². The van der Waals surface area contributed by atoms with Crippen LogP contribution in [0.15, 0.2) is 91.1 Å². The van der Waals surface area contributed by atoms with Gasteiger partial charge in [0.25, 0.3) is 0 Å². The number of nitrogens with one attached hydrogen (secondary N) is 9. The zero-order chi connectivity index (χ0) is 96.6. The molecule has 4 aromatic carbocycles. The number of piperidine rings is 1. The number of carboxylic acids is 1. The number of likely N-dealkylation sites (N-methyl/N-ethyl adjacent to an activating group) is 2. The summed E-state index contributed by atoms with van der Waals surface area (Å²) in [6, 6.07) is 16.9. The Bertz CT molecular complexity index is 4890. The number of fused-ring (bicyclic) bond motifs is 1. The molecule has 132 heavy (non-hydrogen) atoms. The Hall–Kier alpha value is -10.7. The number of carbonyl (C=O) groups is 10. The Morgan fingerprint density at radius 1 is 0.742 bits per heavy atom. The molecule has 0 unspecified atom stereocenters. The number of halogens is 2. The average Bonchev–Trinajstić information content (AvgIpc) is 1.53. The fourth-order valence-electron chi connectivity index (χ4n) is 16.8. The number of anilines is 3. The third-order valence-corrected chi connectivity index (χ3v) is 24.8. The van der Waals surface area contributed by atoms with Gasteiger partial charge in [0.2, 0.25) is 53.5 Å². The number of benzene rings is 4. The zero-order valence-corrected chi connectivity index (χ0v) is 78.8. The molecule has 3 aliphatic rings. The summed E-state index contributed by atoms with van der Waals surface area (Å²) in [6.45, 7) is 23.4. The average molecular weight is 1860 g/mol. The Morgan fingerprint density at radius 2 is 1.45 bits per heavy atom. The number of aromatic amines is 1. The highest BCUT2D eigenvalue weighted by molar-refractivity contribution is 6.31. The number of amides is 9. The highest BCUT2D eigenvalue weighted by Crippen LogP contribution is 2.45. The maximum atomic E-state index is 15.0. The summed E-state index contributed by atoms with van der Waals surface area (Å²) >= 11 is 6.40. The van der Waals surface area contributed by atoms with Crippen LogP contribution < -0.4 is 57.9 Å². The highest BCUT2D eigenvalue weighted by atomic mass is 35.5. The Labute approximate surface area is 775 Å². The third-order valence-electron chi connectivity index (χ3n) is 24.5. The first kappa shape index (κ1) is 105. The third kappa shape index (κ3) is 28.2. The molecule has 3 aliphatic heterocycles. The summed E-state index contributed by atoms with van der Waals surface area (Å²) in [5.41, 5.74) is 12.0. The van der Waals surface area contributed by atoms with Gasteiger partial charge in [0.05, 0.1) is 71.9 Å². The molecule has 6 aromatic rings. The number of hydrogen-bond acceptors (Lipinski definition) is 25. The fraction of sp³-hybridized carbons (Fsp3) is 0.574. The fourth-order valence-corrected chi connectivity index (χ4v) is 17.0. The molecule has 36 nitrogen and oxygen atoms in total. The van der Waals surface area contributed by atoms with Crippen molar-refractivity contribution in [1.29, 1.82) is 0 Å². The molecule has 724 valence electrons. The number of nitrogens with two attached hydrogens (primary N) is 1. The van der Waals surface area contributed by atoms with Crippen molar-refractivity contribution in [2.75, 3.05) is 95.8 Å². The second-order valence-electron chi connectivity index (χ2n) is 35.7. The van der Waals surface area contributed by atoms with Crippen molar-refractivity contribution in [2.24, 2.45) is 35.3 Å². The SMILES string of the molecule is CC[C@H](C)[C@@H]([C@@H](CC(=O)N1CCC[C@H]1C[C@@H](C)C(=O)N[C@H](C)[C@@H](O)c1ccccc1)OC)N(C)C(=O)[C@@H](NC(=O)[C@H](C(C)C)N(C)C(=O)OCc1ccc(NC(=O)[C@H](C)NC(=O)[C@@H](NC(=O)CCOCCNCCC(=O)NCCNc2ncc(-c3cc(C)cc(F)c3)c(N3CCC(N)CC3)c2-c2nc3ccc(Cl)cc3[nH]2)C(C)C)c(O[C@@H]2O[C@H](C(=O)O)[C@@H](O)[C@H](O)[C@H]2O)c1)C(C)C. The second kappa shape index (κ2) is 49.3. The van der Waals surface area contributed by atoms with Gasteiger partial charge in [0, 0.05) is 115 Å². The first-order chi connectivity index (χ1) is 62.7. The minimum absolute atomic E-state index is 0.0272. The van der Waals surface area contributed by atoms with Crippen LogP contribution in [-0.4, -0.2) is 280 Å². The summed E-state index contributed by atoms with van der Waals surface area (Å²) in [7, 11) is 4.42. The molecular weight excluding hydrogens is 1730 g/mol. The van der Waals surface area contributed by atoms with Gasteiger partial charge in [-0.3, -0.25) is 43.3 Å². The smallest absolute Gasteiger partial charge is 0.410 e. The predicted octanol–water partition coefficient (Wildman–Crippen LogP) is 7.06. The van der Waals surface area contributed by atoms with Crippen LogP contribution >= 0.6 is 11.6 Å². The van der Waals surface area contributed by atoms with Gasteiger partial charge in [-0.1, -0.05) is 123 Å². The lowest BCUT2D eigenvalue weighted by atomic mass is 9.89. The maximum absolute atomic E-state index is 15.0. The number of ether oxygens (including phenoxy) is 5. The Balaban J connectivity index is 0.748. The van der Waals surface area contributed by atoms with E-state index in [4.69, 9.17) is 51.0 Å². The van der Waals surface area contributed by atoms with E-state index in [0.717, 1.165) is 35.4 Å². The number of aliphatic hydroxyl groups is 4. The standard InChI is InChI=1S/C94H134ClFN16O20/c1-16-54(9)78(70(128-15)47-73(115)112-36-20-23-64(112)43-55(10)87(120)102-56(11)80(116)59-21-18-17-19-22-59)109(13)91(124)76(51(4)5)108-90(123)77(52(6)7)110(14)94(127)130-49-58-24-26-67(69(44-58)131-93-83(119)81(117)82(118)84(132-93)92(125)126)106-88(121)57(12)103-89(122)75(50(2)3)107-72(114)31-39-129-40-35-98-32-28-71(113)99-33-34-100-85-74(86-104-66-27-25-61(95)46-68(66)105-86)79(111-37-29-63(97)30-38-111)65(48-101-85)60-41-53(8)42-62(96)45-60/h17-19,21-22,24-27,41-42,44-46,48,50-52,54-57,63-64,70,75-78,80-84,93,98,116-119H,16,20,23,28-40,43,47,49,97H2,1-15H3,(H,99,113)(H,100,101)(H,102,120)(H,103,122)(H,104,105)(H,106,121)(H,107,114)(H,108,123)(H,125,126)/t54-,55+,56+,57-,64-,70+,75-,76-,77-,78-,80+,81-,82-,83+,84-,93+/m0/s1. The monoisotopic (exact) mass is 1860 g/mol. The van der Waals surface area contributed by atoms with Gasteiger partial charge in [-0.25, -0.2) is 23.9 Å². The number of carboxylic acid groups (broad SMARTS) is 1. The van der Waals surface area contributed by atoms with Gasteiger partial charge < -0.3 is 117 Å². The number of aromatic nitrogens is 3. The lowest BCUT2D eigenvalue weighted by Gasteiger charge is -2.40. The molecule has 16 N–H and O–H groups in total. The quantitative estimate of drug-likeness (QED) is 0.0170. The number of H-pyrrole nitrogens is 1. The van der Waals surface area contributed by atoms with Gasteiger partial charge in [-0.2, -0.15) is 0 Å². The molecule has 9 amide bonds. The molecule has 0 aliphatic carbocycles. The lowest BCUT2D eigenvalue weighted by molar-refractivity contribution is -0.271. The van der Waals surface area contributed by atoms with Crippen molar-refractivity contribution in [3.8, 4) is 28.3 Å². The van der Waals surface area contributed by atoms with Gasteiger partial charge in [0.15, 0.2) is 6.10 Å². The molecule has 0 spiro atoms. The van der Waals surface area contributed by atoms with Gasteiger partial charge in [-0.05, 0) is 141 Å². The van der Waals surface area contributed by atoms with E-state index < -0.39 is 151 Å². The molecule has 2 aromatic heterocycles. The molecule has 5 heterocycles. The van der Waals surface area contributed by atoms with Crippen molar-refractivity contribution in [1.82, 2.24) is 61.6 Å². The number of carbonyl (C=O) groups excluding carboxylic acids is 9. The minimum atomic E-state index is -2.11. The molecular formula is C94H134ClFN16O20. The zero-order valence-electron chi connectivity index (χ0n) is 78.0. The summed E-state index contributed by atoms with van der Waals surface area (Å²) in [5.74, 6) is -7.68. The molecule has 0 radical (unpaired) electrons. The van der Waals surface area contributed by atoms with E-state index in [9.17, 15) is 73.5 Å². The minimum Gasteiger partial charge on any atom is -0.479 e. The van der Waals surface area contributed by atoms with Crippen molar-refractivity contribution >= 4 is 99.1 Å². The van der Waals surface area contributed by atoms with E-state index in [1.165, 1.54) is 56.3 Å². The van der Waals surface area contributed by atoms with E-state index in [-0.39, 0.29) is 104 Å². The number of rotatable bonds is 46. The van der Waals surface area contributed by atoms with Crippen molar-refractivity contribution in [3.05, 3.63) is 119 Å². The first-order valence-electron chi connectivity index (χ1n) is 45.4. The number of aliphatic hydroxyl groups excluding tert-OH is 4. The molecule has 16 atom stereocenters. The summed E-state index contributed by atoms with van der Waals surface area (Å²) in [4.78, 5) is 158. The van der Waals surface area contributed by atoms with E-state index in [0.29, 0.717) is 102 Å². The summed E-state index contributed by atoms with van der Waals surface area (Å²) in [5, 5.41) is 77.0. The molecule has 3 saturated heterocycles. The number of hydrogen-bond donors (Lipinski definition) is 15. The molecule has 38 heteroatoms. The largest absolute Gasteiger partial charge is 0.479 e. The van der Waals surface area contributed by atoms with Crippen molar-refractivity contribution in [2.45, 2.75) is 239 Å². The Morgan fingerprint density at radius 3 is 2.12 bits per heavy atom. The summed E-state index contributed by atoms with van der Waals surface area (Å²) < 4.78 is 44.0. The highest BCUT2D eigenvalue weighted by Gasteiger charge is 2.49. The molecule has 0 bridgehead atoms. The lowest BCUT2D eigenvalue weighted by Crippen LogP contribution is -2.61. The van der Waals surface area contributed by atoms with Crippen LogP contribution in [0.4, 0.5) is 26.4 Å². The van der Waals surface area contributed by atoms with Crippen molar-refractivity contribution in [3.63, 3.8) is 0 Å². The van der Waals surface area contributed by atoms with Crippen LogP contribution in [-0.2, 0) is 68.7 Å². The normalized spacial score (nSPS) is 19.4. The van der Waals surface area contributed by atoms with E-state index in [1.807, 2.05) is 51.1 Å². The maximum Gasteiger partial charge on any atom is 0.410 e. The number of aryl methyl sites for hydroxylation is 1. The summed E-state index contributed by atoms with van der Waals surface area (Å²) in [6.07, 6.45) is -7.66. The van der Waals surface area contributed by atoms with Crippen LogP contribution in [0.3, 0.4) is 0 Å². The molecule has 9 rings (SSSR count). The number of nitrogens with zero attached hydrogens (tertiary/aromatic N) is 6. The van der Waals surface area contributed by atoms with Crippen LogP contribution in [0.2, 0.25) is 5.02 Å². The van der Waals surface area contributed by atoms with Crippen LogP contribution in [0.1, 0.15) is 157 Å². The van der Waals surface area contributed by atoms with E-state index >= 15 is 4.39 Å². The van der Waals surface area contributed by atoms with Gasteiger partial charge in [-0.15, -0.1) is 0 Å². The van der Waals surface area contributed by atoms with Gasteiger partial charge >= 0.3 is 12.1 Å². The molecule has 0 saturated carbocycles. The van der Waals surface area contributed by atoms with Crippen LogP contribution in [0.25, 0.3) is 33.5 Å². The number of pyridine rings is 1. The topological polar surface area (TPSA) is 495 Å². The Kier molecular flexibility index (Phi) is 39.2. The predicted molar refractivity (Wildman–Crippen MR) is 495 cm³/mol. The van der Waals surface area contributed by atoms with Crippen LogP contribution in [0.5, 0.6) is 5.75 Å². The molecule has 3 fully saturated rings. The van der Waals surface area contributed by atoms with Crippen molar-refractivity contribution < 1.29 is 102 Å². The number of likely N-dealkylation sites (tertiary alicyclic amines) is 1.